The van der Waals surface area contributed by atoms with Crippen LogP contribution in [-0.2, 0) is 34.4 Å². The number of nitrogens with zero attached hydrogens (tertiary/aromatic N) is 2. The Morgan fingerprint density at radius 1 is 0.982 bits per heavy atom. The minimum atomic E-state index is -4.24. The van der Waals surface area contributed by atoms with Gasteiger partial charge in [-0.1, -0.05) is 85.7 Å². The summed E-state index contributed by atoms with van der Waals surface area (Å²) in [5.41, 5.74) is -3.28. The molecule has 14 nitrogen and oxygen atoms in total. The molecule has 1 aromatic carbocycles. The highest BCUT2D eigenvalue weighted by atomic mass is 32.2. The number of likely N-dealkylation sites (tertiary alicyclic amines) is 1. The van der Waals surface area contributed by atoms with E-state index in [1.807, 2.05) is 34.6 Å². The van der Waals surface area contributed by atoms with Crippen LogP contribution in [0.5, 0.6) is 0 Å². The Labute approximate surface area is 329 Å². The Morgan fingerprint density at radius 3 is 2.15 bits per heavy atom. The van der Waals surface area contributed by atoms with Crippen LogP contribution < -0.4 is 20.7 Å². The van der Waals surface area contributed by atoms with E-state index < -0.39 is 84.2 Å². The number of urea groups is 1. The van der Waals surface area contributed by atoms with Crippen LogP contribution in [0, 0.1) is 34.0 Å². The molecule has 5 amide bonds. The fraction of sp³-hybridized carbons (Fsp3) is 0.579. The van der Waals surface area contributed by atoms with E-state index in [-0.39, 0.29) is 45.9 Å². The van der Waals surface area contributed by atoms with Gasteiger partial charge in [-0.3, -0.25) is 14.4 Å². The van der Waals surface area contributed by atoms with Gasteiger partial charge in [-0.15, -0.1) is 17.9 Å². The molecule has 7 atom stereocenters. The highest BCUT2D eigenvalue weighted by Gasteiger charge is 2.71. The minimum absolute atomic E-state index is 0.0228. The standard InChI is InChI=1S/C38H54N6O8S3/c1-11-23-20-38(23,33(47)42-54(49,50)24-16-13-12-14-17-24)41-31(45)29-28-25(37(28,8)9)21-44(29)32(46)30(36(5,6)7)40-34(48)39-26(35(2,3)4)22-43(10)55(51,52)27-18-15-19-53-27/h11-19,23,25-26,28-30H,1,20-22H2,2-10H3,(H,41,45)(H,42,47)(H2,39,40,48)/t23?,25?,26-,28?,29+,30-,38?/m1/s1. The molecule has 2 saturated carbocycles. The number of rotatable bonds is 13. The summed E-state index contributed by atoms with van der Waals surface area (Å²) in [5, 5.41) is 10.3. The quantitative estimate of drug-likeness (QED) is 0.221. The van der Waals surface area contributed by atoms with Crippen molar-refractivity contribution in [1.82, 2.24) is 29.9 Å². The average Bonchev–Trinajstić information content (AvgIpc) is 3.62. The van der Waals surface area contributed by atoms with Crippen molar-refractivity contribution in [3.63, 3.8) is 0 Å². The van der Waals surface area contributed by atoms with Crippen LogP contribution in [0.4, 0.5) is 4.79 Å². The summed E-state index contributed by atoms with van der Waals surface area (Å²) in [7, 11) is -6.59. The molecule has 0 radical (unpaired) electrons. The van der Waals surface area contributed by atoms with Crippen molar-refractivity contribution in [2.75, 3.05) is 20.1 Å². The summed E-state index contributed by atoms with van der Waals surface area (Å²) in [6.07, 6.45) is 1.62. The monoisotopic (exact) mass is 818 g/mol. The predicted octanol–water partition coefficient (Wildman–Crippen LogP) is 3.55. The lowest BCUT2D eigenvalue weighted by Gasteiger charge is -2.39. The fourth-order valence-electron chi connectivity index (χ4n) is 7.61. The topological polar surface area (TPSA) is 191 Å². The van der Waals surface area contributed by atoms with Gasteiger partial charge in [0, 0.05) is 32.1 Å². The largest absolute Gasteiger partial charge is 0.339 e. The molecule has 2 aliphatic carbocycles. The fourth-order valence-corrected chi connectivity index (χ4v) is 11.1. The number of piperidine rings is 1. The van der Waals surface area contributed by atoms with Gasteiger partial charge >= 0.3 is 6.03 Å². The molecule has 1 saturated heterocycles. The summed E-state index contributed by atoms with van der Waals surface area (Å²) in [4.78, 5) is 57.7. The first-order valence-electron chi connectivity index (χ1n) is 18.2. The predicted molar refractivity (Wildman–Crippen MR) is 209 cm³/mol. The van der Waals surface area contributed by atoms with Crippen molar-refractivity contribution in [2.45, 2.75) is 94.6 Å². The van der Waals surface area contributed by atoms with Crippen LogP contribution in [-0.4, -0.2) is 93.6 Å². The molecule has 3 aliphatic rings. The van der Waals surface area contributed by atoms with Crippen molar-refractivity contribution in [3.05, 3.63) is 60.5 Å². The van der Waals surface area contributed by atoms with E-state index >= 15 is 0 Å². The number of amides is 5. The maximum Gasteiger partial charge on any atom is 0.315 e. The van der Waals surface area contributed by atoms with Crippen LogP contribution in [0.1, 0.15) is 61.8 Å². The molecule has 4 unspecified atom stereocenters. The second-order valence-corrected chi connectivity index (χ2v) is 22.6. The lowest BCUT2D eigenvalue weighted by molar-refractivity contribution is -0.144. The second-order valence-electron chi connectivity index (χ2n) is 17.7. The smallest absolute Gasteiger partial charge is 0.315 e. The number of fused-ring (bicyclic) bond motifs is 1. The molecule has 3 fully saturated rings. The number of likely N-dealkylation sites (N-methyl/N-ethyl adjacent to an activating group) is 1. The van der Waals surface area contributed by atoms with Crippen molar-refractivity contribution >= 4 is 55.1 Å². The lowest BCUT2D eigenvalue weighted by atomic mass is 9.85. The van der Waals surface area contributed by atoms with Crippen LogP contribution >= 0.6 is 11.3 Å². The first kappa shape index (κ1) is 42.3. The van der Waals surface area contributed by atoms with E-state index in [2.05, 4.69) is 27.3 Å². The first-order valence-corrected chi connectivity index (χ1v) is 22.0. The Morgan fingerprint density at radius 2 is 1.62 bits per heavy atom. The molecule has 1 aromatic heterocycles. The zero-order chi connectivity index (χ0) is 41.1. The van der Waals surface area contributed by atoms with E-state index in [9.17, 15) is 36.0 Å². The molecule has 2 aromatic rings. The van der Waals surface area contributed by atoms with E-state index in [0.29, 0.717) is 0 Å². The summed E-state index contributed by atoms with van der Waals surface area (Å²) < 4.78 is 56.0. The van der Waals surface area contributed by atoms with Gasteiger partial charge in [0.15, 0.2) is 0 Å². The van der Waals surface area contributed by atoms with Gasteiger partial charge in [-0.25, -0.2) is 26.4 Å². The van der Waals surface area contributed by atoms with Gasteiger partial charge in [0.25, 0.3) is 26.0 Å². The van der Waals surface area contributed by atoms with E-state index in [1.165, 1.54) is 52.7 Å². The van der Waals surface area contributed by atoms with E-state index in [4.69, 9.17) is 0 Å². The summed E-state index contributed by atoms with van der Waals surface area (Å²) in [5.74, 6) is -2.79. The zero-order valence-electron chi connectivity index (χ0n) is 32.9. The Hall–Kier alpha value is -3.80. The molecule has 0 bridgehead atoms. The Bertz CT molecular complexity index is 2040. The summed E-state index contributed by atoms with van der Waals surface area (Å²) >= 11 is 1.10. The van der Waals surface area contributed by atoms with Crippen molar-refractivity contribution in [1.29, 1.82) is 0 Å². The summed E-state index contributed by atoms with van der Waals surface area (Å²) in [6, 6.07) is 7.16. The van der Waals surface area contributed by atoms with Gasteiger partial charge in [0.1, 0.15) is 21.8 Å². The first-order chi connectivity index (χ1) is 25.3. The van der Waals surface area contributed by atoms with Crippen molar-refractivity contribution in [2.24, 2.45) is 34.0 Å². The van der Waals surface area contributed by atoms with Crippen LogP contribution in [0.25, 0.3) is 0 Å². The Balaban J connectivity index is 1.35. The number of benzene rings is 1. The zero-order valence-corrected chi connectivity index (χ0v) is 35.3. The second kappa shape index (κ2) is 14.6. The highest BCUT2D eigenvalue weighted by Crippen LogP contribution is 2.65. The Kier molecular flexibility index (Phi) is 11.2. The van der Waals surface area contributed by atoms with E-state index in [1.54, 1.807) is 38.3 Å². The van der Waals surface area contributed by atoms with Crippen molar-refractivity contribution in [3.8, 4) is 0 Å². The number of nitrogens with one attached hydrogen (secondary N) is 4. The SMILES string of the molecule is C=CC1CC1(NC(=O)[C@@H]1C2C(CN1C(=O)[C@@H](NC(=O)N[C@H](CN(C)S(=O)(=O)c1cccs1)C(C)(C)C)C(C)(C)C)C2(C)C)C(=O)NS(=O)(=O)c1ccccc1. The van der Waals surface area contributed by atoms with Crippen LogP contribution in [0.3, 0.4) is 0 Å². The molecule has 5 rings (SSSR count). The number of carbonyl (C=O) groups is 4. The third kappa shape index (κ3) is 8.35. The normalized spacial score (nSPS) is 25.6. The minimum Gasteiger partial charge on any atom is -0.339 e. The number of carbonyl (C=O) groups excluding carboxylic acids is 4. The molecule has 17 heteroatoms. The number of hydrogen-bond donors (Lipinski definition) is 4. The number of hydrogen-bond acceptors (Lipinski definition) is 9. The van der Waals surface area contributed by atoms with Crippen molar-refractivity contribution < 1.29 is 36.0 Å². The molecular formula is C38H54N6O8S3. The van der Waals surface area contributed by atoms with Gasteiger partial charge in [0.2, 0.25) is 11.8 Å². The molecular weight excluding hydrogens is 765 g/mol. The molecule has 302 valence electrons. The molecule has 2 heterocycles. The number of thiophene rings is 1. The van der Waals surface area contributed by atoms with Crippen LogP contribution in [0.15, 0.2) is 69.6 Å². The maximum atomic E-state index is 14.6. The highest BCUT2D eigenvalue weighted by molar-refractivity contribution is 7.91. The average molecular weight is 819 g/mol. The summed E-state index contributed by atoms with van der Waals surface area (Å²) in [6.45, 7) is 19.0. The molecule has 0 spiro atoms. The van der Waals surface area contributed by atoms with Gasteiger partial charge in [0.05, 0.1) is 4.90 Å². The van der Waals surface area contributed by atoms with Crippen LogP contribution in [0.2, 0.25) is 0 Å². The molecule has 4 N–H and O–H groups in total. The van der Waals surface area contributed by atoms with Gasteiger partial charge < -0.3 is 20.9 Å². The third-order valence-corrected chi connectivity index (χ3v) is 16.0. The van der Waals surface area contributed by atoms with Gasteiger partial charge in [-0.05, 0) is 58.1 Å². The molecule has 1 aliphatic heterocycles. The maximum absolute atomic E-state index is 14.6. The molecule has 55 heavy (non-hydrogen) atoms. The van der Waals surface area contributed by atoms with Gasteiger partial charge in [-0.2, -0.15) is 4.31 Å². The van der Waals surface area contributed by atoms with E-state index in [0.717, 1.165) is 11.3 Å². The number of sulfonamides is 2. The lowest BCUT2D eigenvalue weighted by Crippen LogP contribution is -2.63. The third-order valence-electron chi connectivity index (χ3n) is 11.4.